The molecule has 2 aromatic rings. The molecule has 0 aliphatic heterocycles. The Bertz CT molecular complexity index is 527. The summed E-state index contributed by atoms with van der Waals surface area (Å²) in [5.74, 6) is 0.115. The van der Waals surface area contributed by atoms with Crippen molar-refractivity contribution in [2.45, 2.75) is 0 Å². The zero-order chi connectivity index (χ0) is 11.5. The fourth-order valence-electron chi connectivity index (χ4n) is 1.21. The van der Waals surface area contributed by atoms with Crippen LogP contribution in [-0.2, 0) is 0 Å². The summed E-state index contributed by atoms with van der Waals surface area (Å²) in [7, 11) is 0. The Morgan fingerprint density at radius 2 is 2.44 bits per heavy atom. The van der Waals surface area contributed by atoms with Crippen molar-refractivity contribution in [1.29, 1.82) is 0 Å². The lowest BCUT2D eigenvalue weighted by atomic mass is 10.3. The summed E-state index contributed by atoms with van der Waals surface area (Å²) in [6.07, 6.45) is 1.11. The minimum atomic E-state index is -0.656. The van der Waals surface area contributed by atoms with Gasteiger partial charge in [-0.15, -0.1) is 5.10 Å². The van der Waals surface area contributed by atoms with Gasteiger partial charge < -0.3 is 4.74 Å². The molecule has 1 N–H and O–H groups in total. The van der Waals surface area contributed by atoms with Crippen molar-refractivity contribution in [2.75, 3.05) is 13.3 Å². The molecule has 2 rings (SSSR count). The van der Waals surface area contributed by atoms with Crippen LogP contribution in [0.3, 0.4) is 0 Å². The Labute approximate surface area is 88.4 Å². The van der Waals surface area contributed by atoms with E-state index >= 15 is 0 Å². The Hall–Kier alpha value is -2.25. The SMILES string of the molecule is O=[N+]([O-])c1cnc2[nH]nc(OCCF)c2c1. The number of fused-ring (bicyclic) bond motifs is 1. The first-order valence-corrected chi connectivity index (χ1v) is 4.39. The maximum absolute atomic E-state index is 11.9. The standard InChI is InChI=1S/C8H7FN4O3/c9-1-2-16-8-6-3-5(13(14)15)4-10-7(6)11-12-8/h3-4H,1-2H2,(H,10,11,12). The van der Waals surface area contributed by atoms with Gasteiger partial charge in [-0.25, -0.2) is 9.37 Å². The van der Waals surface area contributed by atoms with Gasteiger partial charge in [-0.05, 0) is 0 Å². The number of hydrogen-bond acceptors (Lipinski definition) is 5. The van der Waals surface area contributed by atoms with Gasteiger partial charge in [0.2, 0.25) is 5.88 Å². The maximum atomic E-state index is 11.9. The number of halogens is 1. The Morgan fingerprint density at radius 3 is 3.12 bits per heavy atom. The minimum Gasteiger partial charge on any atom is -0.473 e. The zero-order valence-electron chi connectivity index (χ0n) is 8.01. The van der Waals surface area contributed by atoms with Crippen LogP contribution in [0.2, 0.25) is 0 Å². The molecule has 0 fully saturated rings. The van der Waals surface area contributed by atoms with Gasteiger partial charge in [0.15, 0.2) is 5.65 Å². The van der Waals surface area contributed by atoms with Crippen molar-refractivity contribution in [2.24, 2.45) is 0 Å². The predicted molar refractivity (Wildman–Crippen MR) is 52.0 cm³/mol. The van der Waals surface area contributed by atoms with E-state index < -0.39 is 11.6 Å². The molecule has 0 aliphatic carbocycles. The molecule has 84 valence electrons. The number of ether oxygens (including phenoxy) is 1. The smallest absolute Gasteiger partial charge is 0.288 e. The van der Waals surface area contributed by atoms with Gasteiger partial charge in [0.25, 0.3) is 5.69 Å². The van der Waals surface area contributed by atoms with Crippen molar-refractivity contribution in [3.05, 3.63) is 22.4 Å². The average Bonchev–Trinajstić information content (AvgIpc) is 2.68. The molecule has 0 radical (unpaired) electrons. The highest BCUT2D eigenvalue weighted by Gasteiger charge is 2.13. The maximum Gasteiger partial charge on any atom is 0.288 e. The van der Waals surface area contributed by atoms with E-state index in [2.05, 4.69) is 15.2 Å². The Kier molecular flexibility index (Phi) is 2.63. The summed E-state index contributed by atoms with van der Waals surface area (Å²) in [6.45, 7) is -0.806. The second-order valence-corrected chi connectivity index (χ2v) is 2.91. The highest BCUT2D eigenvalue weighted by atomic mass is 19.1. The van der Waals surface area contributed by atoms with Crippen LogP contribution in [0.1, 0.15) is 0 Å². The van der Waals surface area contributed by atoms with Crippen molar-refractivity contribution in [3.63, 3.8) is 0 Å². The molecule has 0 bridgehead atoms. The largest absolute Gasteiger partial charge is 0.473 e. The van der Waals surface area contributed by atoms with Crippen LogP contribution in [0.25, 0.3) is 11.0 Å². The fraction of sp³-hybridized carbons (Fsp3) is 0.250. The average molecular weight is 226 g/mol. The zero-order valence-corrected chi connectivity index (χ0v) is 8.01. The molecule has 2 aromatic heterocycles. The number of H-pyrrole nitrogens is 1. The van der Waals surface area contributed by atoms with Crippen LogP contribution < -0.4 is 4.74 Å². The number of aromatic nitrogens is 3. The molecule has 0 saturated heterocycles. The summed E-state index contributed by atoms with van der Waals surface area (Å²) in [5.41, 5.74) is 0.193. The van der Waals surface area contributed by atoms with Crippen molar-refractivity contribution >= 4 is 16.7 Å². The molecule has 7 nitrogen and oxygen atoms in total. The number of pyridine rings is 1. The topological polar surface area (TPSA) is 93.9 Å². The van der Waals surface area contributed by atoms with Gasteiger partial charge in [0.1, 0.15) is 19.5 Å². The number of hydrogen-bond donors (Lipinski definition) is 1. The number of nitro groups is 1. The van der Waals surface area contributed by atoms with E-state index in [-0.39, 0.29) is 18.2 Å². The molecule has 2 heterocycles. The quantitative estimate of drug-likeness (QED) is 0.624. The van der Waals surface area contributed by atoms with E-state index in [9.17, 15) is 14.5 Å². The molecule has 0 aliphatic rings. The molecular weight excluding hydrogens is 219 g/mol. The van der Waals surface area contributed by atoms with E-state index in [1.54, 1.807) is 0 Å². The van der Waals surface area contributed by atoms with Gasteiger partial charge in [-0.2, -0.15) is 0 Å². The van der Waals surface area contributed by atoms with Crippen molar-refractivity contribution in [1.82, 2.24) is 15.2 Å². The third kappa shape index (κ3) is 1.76. The van der Waals surface area contributed by atoms with Gasteiger partial charge in [-0.1, -0.05) is 0 Å². The monoisotopic (exact) mass is 226 g/mol. The number of rotatable bonds is 4. The number of nitrogens with zero attached hydrogens (tertiary/aromatic N) is 3. The van der Waals surface area contributed by atoms with E-state index in [4.69, 9.17) is 4.74 Å². The summed E-state index contributed by atoms with van der Waals surface area (Å²) < 4.78 is 16.9. The molecule has 0 unspecified atom stereocenters. The number of aromatic amines is 1. The van der Waals surface area contributed by atoms with Crippen molar-refractivity contribution in [3.8, 4) is 5.88 Å². The highest BCUT2D eigenvalue weighted by Crippen LogP contribution is 2.24. The van der Waals surface area contributed by atoms with Gasteiger partial charge in [0, 0.05) is 6.07 Å². The summed E-state index contributed by atoms with van der Waals surface area (Å²) in [5, 5.41) is 17.2. The molecule has 0 amide bonds. The highest BCUT2D eigenvalue weighted by molar-refractivity contribution is 5.82. The normalized spacial score (nSPS) is 10.6. The van der Waals surface area contributed by atoms with Crippen molar-refractivity contribution < 1.29 is 14.1 Å². The molecule has 0 aromatic carbocycles. The van der Waals surface area contributed by atoms with Crippen LogP contribution in [-0.4, -0.2) is 33.4 Å². The third-order valence-corrected chi connectivity index (χ3v) is 1.89. The number of nitrogens with one attached hydrogen (secondary N) is 1. The van der Waals surface area contributed by atoms with Crippen LogP contribution >= 0.6 is 0 Å². The lowest BCUT2D eigenvalue weighted by Gasteiger charge is -1.98. The van der Waals surface area contributed by atoms with Gasteiger partial charge in [0.05, 0.1) is 10.3 Å². The molecular formula is C8H7FN4O3. The fourth-order valence-corrected chi connectivity index (χ4v) is 1.21. The second-order valence-electron chi connectivity index (χ2n) is 2.91. The molecule has 16 heavy (non-hydrogen) atoms. The molecule has 0 spiro atoms. The van der Waals surface area contributed by atoms with Gasteiger partial charge >= 0.3 is 0 Å². The molecule has 0 saturated carbocycles. The summed E-state index contributed by atoms with van der Waals surface area (Å²) in [6, 6.07) is 1.28. The number of alkyl halides is 1. The first-order valence-electron chi connectivity index (χ1n) is 4.39. The summed E-state index contributed by atoms with van der Waals surface area (Å²) >= 11 is 0. The van der Waals surface area contributed by atoms with Crippen LogP contribution in [0.15, 0.2) is 12.3 Å². The first kappa shape index (κ1) is 10.3. The minimum absolute atomic E-state index is 0.115. The first-order chi connectivity index (χ1) is 7.72. The predicted octanol–water partition coefficient (Wildman–Crippen LogP) is 1.21. The molecule has 0 atom stereocenters. The van der Waals surface area contributed by atoms with Crippen LogP contribution in [0.5, 0.6) is 5.88 Å². The van der Waals surface area contributed by atoms with Crippen LogP contribution in [0, 0.1) is 10.1 Å². The van der Waals surface area contributed by atoms with E-state index in [0.29, 0.717) is 11.0 Å². The van der Waals surface area contributed by atoms with Crippen LogP contribution in [0.4, 0.5) is 10.1 Å². The van der Waals surface area contributed by atoms with Gasteiger partial charge in [-0.3, -0.25) is 15.2 Å². The van der Waals surface area contributed by atoms with E-state index in [1.165, 1.54) is 6.07 Å². The third-order valence-electron chi connectivity index (χ3n) is 1.89. The molecule has 8 heteroatoms. The Balaban J connectivity index is 2.43. The van der Waals surface area contributed by atoms with E-state index in [0.717, 1.165) is 6.20 Å². The second kappa shape index (κ2) is 4.09. The Morgan fingerprint density at radius 1 is 1.62 bits per heavy atom. The lowest BCUT2D eigenvalue weighted by Crippen LogP contribution is -1.99. The lowest BCUT2D eigenvalue weighted by molar-refractivity contribution is -0.385. The van der Waals surface area contributed by atoms with E-state index in [1.807, 2.05) is 0 Å². The summed E-state index contributed by atoms with van der Waals surface area (Å²) in [4.78, 5) is 13.8.